The number of unbranched alkanes of at least 4 members (excludes halogenated alkanes) is 18. The minimum absolute atomic E-state index is 0.180. The van der Waals surface area contributed by atoms with E-state index in [9.17, 15) is 19.5 Å². The molecule has 0 radical (unpaired) electrons. The Balaban J connectivity index is 4.33. The highest BCUT2D eigenvalue weighted by Gasteiger charge is 2.25. The highest BCUT2D eigenvalue weighted by molar-refractivity contribution is 5.71. The molecule has 0 spiro atoms. The predicted octanol–water partition coefficient (Wildman–Crippen LogP) is 15.8. The molecular formula is C60H102NO8+. The van der Waals surface area contributed by atoms with Crippen molar-refractivity contribution in [1.82, 2.24) is 0 Å². The molecule has 0 aliphatic carbocycles. The second-order valence-corrected chi connectivity index (χ2v) is 19.2. The molecule has 0 aromatic heterocycles. The van der Waals surface area contributed by atoms with Gasteiger partial charge >= 0.3 is 17.9 Å². The second-order valence-electron chi connectivity index (χ2n) is 19.2. The van der Waals surface area contributed by atoms with Gasteiger partial charge in [0, 0.05) is 12.8 Å². The molecule has 0 saturated carbocycles. The quantitative estimate of drug-likeness (QED) is 0.0211. The van der Waals surface area contributed by atoms with Crippen LogP contribution in [0.1, 0.15) is 206 Å². The van der Waals surface area contributed by atoms with Gasteiger partial charge in [0.05, 0.1) is 34.4 Å². The Morgan fingerprint density at radius 1 is 0.449 bits per heavy atom. The van der Waals surface area contributed by atoms with Crippen LogP contribution >= 0.6 is 0 Å². The molecule has 0 aliphatic heterocycles. The number of hydrogen-bond donors (Lipinski definition) is 1. The SMILES string of the molecule is CC/C=C\C/C=C\C/C=C\C/C=C\C/C=C\C/C=C\CCCCCCCCCCC(=O)OC(COC(=O)CCCCCCCCC/C=C\C/C=C\CCCCC)COC(OCC[N+](C)(C)C)C(=O)O. The Hall–Kier alpha value is -3.79. The van der Waals surface area contributed by atoms with Crippen molar-refractivity contribution in [3.8, 4) is 0 Å². The molecule has 2 atom stereocenters. The lowest BCUT2D eigenvalue weighted by Crippen LogP contribution is -2.40. The van der Waals surface area contributed by atoms with Crippen molar-refractivity contribution < 1.29 is 42.9 Å². The van der Waals surface area contributed by atoms with Crippen molar-refractivity contribution in [3.63, 3.8) is 0 Å². The third-order valence-electron chi connectivity index (χ3n) is 11.3. The largest absolute Gasteiger partial charge is 0.477 e. The van der Waals surface area contributed by atoms with E-state index in [0.717, 1.165) is 103 Å². The minimum Gasteiger partial charge on any atom is -0.477 e. The van der Waals surface area contributed by atoms with Crippen LogP contribution in [-0.2, 0) is 33.3 Å². The highest BCUT2D eigenvalue weighted by atomic mass is 16.7. The van der Waals surface area contributed by atoms with Crippen molar-refractivity contribution in [1.29, 1.82) is 0 Å². The van der Waals surface area contributed by atoms with Gasteiger partial charge < -0.3 is 28.5 Å². The third-order valence-corrected chi connectivity index (χ3v) is 11.3. The lowest BCUT2D eigenvalue weighted by molar-refractivity contribution is -0.870. The Labute approximate surface area is 422 Å². The van der Waals surface area contributed by atoms with Crippen LogP contribution in [0.5, 0.6) is 0 Å². The van der Waals surface area contributed by atoms with Gasteiger partial charge in [0.25, 0.3) is 6.29 Å². The summed E-state index contributed by atoms with van der Waals surface area (Å²) in [5.41, 5.74) is 0. The van der Waals surface area contributed by atoms with Crippen molar-refractivity contribution in [2.45, 2.75) is 219 Å². The number of quaternary nitrogens is 1. The number of carboxylic acid groups (broad SMARTS) is 1. The molecule has 0 fully saturated rings. The number of carboxylic acids is 1. The first kappa shape index (κ1) is 65.2. The average molecular weight is 965 g/mol. The van der Waals surface area contributed by atoms with Gasteiger partial charge in [-0.15, -0.1) is 0 Å². The Morgan fingerprint density at radius 3 is 1.23 bits per heavy atom. The summed E-state index contributed by atoms with van der Waals surface area (Å²) in [6.07, 6.45) is 64.7. The van der Waals surface area contributed by atoms with E-state index in [1.165, 1.54) is 70.6 Å². The molecule has 9 nitrogen and oxygen atoms in total. The molecule has 69 heavy (non-hydrogen) atoms. The molecule has 0 saturated heterocycles. The number of nitrogens with zero attached hydrogens (tertiary/aromatic N) is 1. The van der Waals surface area contributed by atoms with E-state index in [0.29, 0.717) is 17.4 Å². The number of ether oxygens (including phenoxy) is 4. The first-order valence-electron chi connectivity index (χ1n) is 27.4. The van der Waals surface area contributed by atoms with Crippen LogP contribution < -0.4 is 0 Å². The maximum absolute atomic E-state index is 12.9. The maximum Gasteiger partial charge on any atom is 0.361 e. The second kappa shape index (κ2) is 50.6. The number of allylic oxidation sites excluding steroid dienone is 16. The summed E-state index contributed by atoms with van der Waals surface area (Å²) in [4.78, 5) is 37.4. The summed E-state index contributed by atoms with van der Waals surface area (Å²) in [5.74, 6) is -2.04. The zero-order valence-electron chi connectivity index (χ0n) is 44.7. The van der Waals surface area contributed by atoms with Crippen LogP contribution in [0.15, 0.2) is 97.2 Å². The van der Waals surface area contributed by atoms with Crippen LogP contribution in [0.2, 0.25) is 0 Å². The molecule has 0 amide bonds. The van der Waals surface area contributed by atoms with E-state index in [4.69, 9.17) is 18.9 Å². The van der Waals surface area contributed by atoms with E-state index >= 15 is 0 Å². The van der Waals surface area contributed by atoms with Gasteiger partial charge in [0.15, 0.2) is 6.10 Å². The summed E-state index contributed by atoms with van der Waals surface area (Å²) < 4.78 is 22.8. The van der Waals surface area contributed by atoms with Gasteiger partial charge in [0.1, 0.15) is 13.2 Å². The first-order chi connectivity index (χ1) is 33.6. The lowest BCUT2D eigenvalue weighted by Gasteiger charge is -2.25. The summed E-state index contributed by atoms with van der Waals surface area (Å²) in [7, 11) is 5.95. The first-order valence-corrected chi connectivity index (χ1v) is 27.4. The van der Waals surface area contributed by atoms with Gasteiger partial charge in [-0.05, 0) is 96.3 Å². The summed E-state index contributed by atoms with van der Waals surface area (Å²) in [6.45, 7) is 4.71. The predicted molar refractivity (Wildman–Crippen MR) is 290 cm³/mol. The fourth-order valence-corrected chi connectivity index (χ4v) is 7.10. The number of carbonyl (C=O) groups excluding carboxylic acids is 2. The Bertz CT molecular complexity index is 1450. The fourth-order valence-electron chi connectivity index (χ4n) is 7.10. The van der Waals surface area contributed by atoms with Gasteiger partial charge in [-0.1, -0.05) is 195 Å². The molecule has 1 N–H and O–H groups in total. The molecule has 0 rings (SSSR count). The molecule has 0 bridgehead atoms. The molecule has 9 heteroatoms. The molecular weight excluding hydrogens is 863 g/mol. The average Bonchev–Trinajstić information content (AvgIpc) is 3.31. The van der Waals surface area contributed by atoms with E-state index in [1.54, 1.807) is 0 Å². The van der Waals surface area contributed by atoms with Crippen molar-refractivity contribution >= 4 is 17.9 Å². The molecule has 0 aromatic carbocycles. The summed E-state index contributed by atoms with van der Waals surface area (Å²) in [5, 5.41) is 9.69. The number of esters is 2. The third kappa shape index (κ3) is 51.9. The minimum atomic E-state index is -1.52. The van der Waals surface area contributed by atoms with Crippen molar-refractivity contribution in [2.75, 3.05) is 47.5 Å². The van der Waals surface area contributed by atoms with Crippen LogP contribution in [-0.4, -0.2) is 87.4 Å². The smallest absolute Gasteiger partial charge is 0.361 e. The maximum atomic E-state index is 12.9. The molecule has 394 valence electrons. The Morgan fingerprint density at radius 2 is 0.826 bits per heavy atom. The van der Waals surface area contributed by atoms with Crippen LogP contribution in [0.25, 0.3) is 0 Å². The standard InChI is InChI=1S/C60H101NO8/c1-6-8-10-12-14-16-18-20-22-24-25-26-27-28-29-30-31-32-33-35-37-39-41-43-45-47-49-51-58(63)69-56(55-68-60(59(64)65)66-53-52-61(3,4)5)54-67-57(62)50-48-46-44-42-40-38-36-34-23-21-19-17-15-13-11-9-7-2/h8,10,14-17,20-23,25-26,28-29,31-32,56,60H,6-7,9,11-13,18-19,24,27,30,33-55H2,1-5H3/p+1/b10-8-,16-14-,17-15-,22-20-,23-21-,26-25-,29-28-,32-31-. The van der Waals surface area contributed by atoms with Crippen LogP contribution in [0, 0.1) is 0 Å². The van der Waals surface area contributed by atoms with Crippen LogP contribution in [0.3, 0.4) is 0 Å². The lowest BCUT2D eigenvalue weighted by atomic mass is 10.1. The van der Waals surface area contributed by atoms with E-state index < -0.39 is 24.3 Å². The summed E-state index contributed by atoms with van der Waals surface area (Å²) >= 11 is 0. The fraction of sp³-hybridized carbons (Fsp3) is 0.683. The zero-order valence-corrected chi connectivity index (χ0v) is 44.7. The van der Waals surface area contributed by atoms with Gasteiger partial charge in [-0.2, -0.15) is 0 Å². The van der Waals surface area contributed by atoms with Gasteiger partial charge in [-0.25, -0.2) is 4.79 Å². The molecule has 0 aliphatic rings. The van der Waals surface area contributed by atoms with E-state index in [2.05, 4.69) is 111 Å². The van der Waals surface area contributed by atoms with Crippen molar-refractivity contribution in [3.05, 3.63) is 97.2 Å². The van der Waals surface area contributed by atoms with Crippen molar-refractivity contribution in [2.24, 2.45) is 0 Å². The molecule has 2 unspecified atom stereocenters. The highest BCUT2D eigenvalue weighted by Crippen LogP contribution is 2.14. The van der Waals surface area contributed by atoms with E-state index in [-0.39, 0.29) is 38.6 Å². The monoisotopic (exact) mass is 965 g/mol. The number of rotatable bonds is 49. The summed E-state index contributed by atoms with van der Waals surface area (Å²) in [6, 6.07) is 0. The number of likely N-dealkylation sites (N-methyl/N-ethyl adjacent to an activating group) is 1. The van der Waals surface area contributed by atoms with Crippen LogP contribution in [0.4, 0.5) is 0 Å². The topological polar surface area (TPSA) is 108 Å². The number of aliphatic carboxylic acids is 1. The molecule has 0 aromatic rings. The number of carbonyl (C=O) groups is 3. The Kier molecular flexibility index (Phi) is 47.8. The molecule has 0 heterocycles. The normalized spacial score (nSPS) is 13.6. The van der Waals surface area contributed by atoms with E-state index in [1.807, 2.05) is 21.1 Å². The van der Waals surface area contributed by atoms with Gasteiger partial charge in [0.2, 0.25) is 0 Å². The zero-order chi connectivity index (χ0) is 50.6. The van der Waals surface area contributed by atoms with Gasteiger partial charge in [-0.3, -0.25) is 9.59 Å². The number of hydrogen-bond acceptors (Lipinski definition) is 7.